The Bertz CT molecular complexity index is 329. The molecule has 0 aliphatic rings. The Morgan fingerprint density at radius 2 is 1.42 bits per heavy atom. The van der Waals surface area contributed by atoms with Crippen LogP contribution in [-0.4, -0.2) is 42.0 Å². The second kappa shape index (κ2) is 6.23. The van der Waals surface area contributed by atoms with Crippen molar-refractivity contribution in [3.63, 3.8) is 0 Å². The number of carbonyl (C=O) groups excluding carboxylic acids is 2. The zero-order valence-electron chi connectivity index (χ0n) is 13.2. The molecule has 0 aromatic rings. The van der Waals surface area contributed by atoms with Crippen LogP contribution in [0.4, 0.5) is 9.59 Å². The number of hydrazine groups is 1. The zero-order valence-corrected chi connectivity index (χ0v) is 13.2. The molecule has 0 atom stereocenters. The largest absolute Gasteiger partial charge is 0.596 e. The minimum absolute atomic E-state index is 0.310. The summed E-state index contributed by atoms with van der Waals surface area (Å²) < 4.78 is 10.4. The minimum atomic E-state index is -0.612. The zero-order chi connectivity index (χ0) is 15.4. The van der Waals surface area contributed by atoms with Gasteiger partial charge in [0.05, 0.1) is 12.1 Å². The highest BCUT2D eigenvalue weighted by atomic mass is 16.6. The number of rotatable bonds is 1. The third-order valence-corrected chi connectivity index (χ3v) is 1.92. The number of amides is 2. The molecule has 0 spiro atoms. The van der Waals surface area contributed by atoms with Crippen LogP contribution in [0.25, 0.3) is 0 Å². The first-order valence-electron chi connectivity index (χ1n) is 6.34. The minimum Gasteiger partial charge on any atom is -0.440 e. The van der Waals surface area contributed by atoms with Gasteiger partial charge in [0.2, 0.25) is 0 Å². The quantitative estimate of drug-likeness (QED) is 0.545. The first-order chi connectivity index (χ1) is 8.37. The van der Waals surface area contributed by atoms with Gasteiger partial charge in [-0.3, -0.25) is 0 Å². The number of ether oxygens (including phenoxy) is 2. The average molecular weight is 274 g/mol. The Morgan fingerprint density at radius 3 is 1.74 bits per heavy atom. The first kappa shape index (κ1) is 17.7. The molecule has 6 nitrogen and oxygen atoms in total. The SMILES string of the molecule is CC[N+](C(=O)OC(C)(C)C)N(C)C(=O)OC(C)(C)C. The normalized spacial score (nSPS) is 12.3. The highest BCUT2D eigenvalue weighted by Gasteiger charge is 2.40. The first-order valence-corrected chi connectivity index (χ1v) is 6.34. The topological polar surface area (TPSA) is 61.7 Å². The lowest BCUT2D eigenvalue weighted by Crippen LogP contribution is -2.54. The highest BCUT2D eigenvalue weighted by molar-refractivity contribution is 5.76. The van der Waals surface area contributed by atoms with Crippen molar-refractivity contribution in [2.75, 3.05) is 13.6 Å². The maximum atomic E-state index is 12.0. The van der Waals surface area contributed by atoms with E-state index < -0.39 is 23.4 Å². The van der Waals surface area contributed by atoms with E-state index in [0.29, 0.717) is 6.54 Å². The monoisotopic (exact) mass is 274 g/mol. The summed E-state index contributed by atoms with van der Waals surface area (Å²) in [6.07, 6.45) is -1.18. The lowest BCUT2D eigenvalue weighted by molar-refractivity contribution is -0.0184. The second-order valence-corrected chi connectivity index (χ2v) is 6.20. The Balaban J connectivity index is 4.77. The molecule has 0 unspecified atom stereocenters. The van der Waals surface area contributed by atoms with Gasteiger partial charge in [0.1, 0.15) is 11.2 Å². The van der Waals surface area contributed by atoms with Gasteiger partial charge in [-0.15, -0.1) is 0 Å². The van der Waals surface area contributed by atoms with Gasteiger partial charge in [-0.2, -0.15) is 4.79 Å². The van der Waals surface area contributed by atoms with Gasteiger partial charge in [-0.1, -0.05) is 5.01 Å². The van der Waals surface area contributed by atoms with Crippen LogP contribution in [0.15, 0.2) is 0 Å². The van der Waals surface area contributed by atoms with Crippen molar-refractivity contribution in [2.24, 2.45) is 0 Å². The summed E-state index contributed by atoms with van der Waals surface area (Å²) in [5, 5.41) is 2.32. The maximum absolute atomic E-state index is 12.0. The lowest BCUT2D eigenvalue weighted by Gasteiger charge is -2.25. The molecule has 1 radical (unpaired) electrons. The number of carbonyl (C=O) groups is 2. The summed E-state index contributed by atoms with van der Waals surface area (Å²) in [4.78, 5) is 23.8. The van der Waals surface area contributed by atoms with Gasteiger partial charge in [0.15, 0.2) is 6.54 Å². The van der Waals surface area contributed by atoms with Crippen molar-refractivity contribution >= 4 is 12.2 Å². The molecule has 0 bridgehead atoms. The van der Waals surface area contributed by atoms with Crippen LogP contribution in [-0.2, 0) is 9.47 Å². The van der Waals surface area contributed by atoms with Crippen LogP contribution in [0.1, 0.15) is 48.5 Å². The number of hydrogen-bond donors (Lipinski definition) is 0. The summed E-state index contributed by atoms with van der Waals surface area (Å²) in [7, 11) is 1.47. The summed E-state index contributed by atoms with van der Waals surface area (Å²) in [6.45, 7) is 12.7. The van der Waals surface area contributed by atoms with E-state index in [4.69, 9.17) is 9.47 Å². The standard InChI is InChI=1S/C13H26N2O4/c1-9-15(11(17)19-13(5,6)7)14(8)10(16)18-12(2,3)4/h9H2,1-8H3/q+1. The number of hydrogen-bond acceptors (Lipinski definition) is 4. The van der Waals surface area contributed by atoms with Crippen LogP contribution in [0.2, 0.25) is 0 Å². The van der Waals surface area contributed by atoms with Gasteiger partial charge in [0, 0.05) is 0 Å². The van der Waals surface area contributed by atoms with Crippen LogP contribution >= 0.6 is 0 Å². The molecule has 0 rings (SSSR count). The second-order valence-electron chi connectivity index (χ2n) is 6.20. The van der Waals surface area contributed by atoms with Gasteiger partial charge < -0.3 is 9.47 Å². The third-order valence-electron chi connectivity index (χ3n) is 1.92. The predicted molar refractivity (Wildman–Crippen MR) is 72.9 cm³/mol. The van der Waals surface area contributed by atoms with E-state index in [1.165, 1.54) is 12.1 Å². The molecule has 2 amide bonds. The van der Waals surface area contributed by atoms with Crippen molar-refractivity contribution in [3.8, 4) is 0 Å². The van der Waals surface area contributed by atoms with Crippen molar-refractivity contribution in [3.05, 3.63) is 0 Å². The fourth-order valence-electron chi connectivity index (χ4n) is 1.20. The van der Waals surface area contributed by atoms with E-state index in [1.807, 2.05) is 0 Å². The summed E-state index contributed by atoms with van der Waals surface area (Å²) in [6, 6.07) is 0. The molecular formula is C13H26N2O4+. The van der Waals surface area contributed by atoms with E-state index in [1.54, 1.807) is 48.5 Å². The molecule has 0 aromatic heterocycles. The molecule has 111 valence electrons. The molecule has 0 aromatic carbocycles. The Kier molecular flexibility index (Phi) is 5.81. The molecule has 0 saturated carbocycles. The Labute approximate surface area is 115 Å². The van der Waals surface area contributed by atoms with Crippen LogP contribution < -0.4 is 5.01 Å². The molecule has 19 heavy (non-hydrogen) atoms. The summed E-state index contributed by atoms with van der Waals surface area (Å²) in [5.74, 6) is 0. The predicted octanol–water partition coefficient (Wildman–Crippen LogP) is 2.86. The smallest absolute Gasteiger partial charge is 0.440 e. The molecule has 0 fully saturated rings. The Hall–Kier alpha value is -1.30. The third kappa shape index (κ3) is 7.00. The summed E-state index contributed by atoms with van der Waals surface area (Å²) in [5.41, 5.74) is -1.22. The van der Waals surface area contributed by atoms with Crippen LogP contribution in [0.5, 0.6) is 0 Å². The fourth-order valence-corrected chi connectivity index (χ4v) is 1.20. The molecule has 0 aliphatic heterocycles. The molecule has 0 saturated heterocycles. The highest BCUT2D eigenvalue weighted by Crippen LogP contribution is 2.12. The molecule has 0 N–H and O–H groups in total. The van der Waals surface area contributed by atoms with Crippen molar-refractivity contribution in [1.82, 2.24) is 10.0 Å². The fraction of sp³-hybridized carbons (Fsp3) is 0.846. The van der Waals surface area contributed by atoms with Crippen molar-refractivity contribution < 1.29 is 19.1 Å². The molecule has 0 heterocycles. The van der Waals surface area contributed by atoms with E-state index in [2.05, 4.69) is 0 Å². The van der Waals surface area contributed by atoms with Gasteiger partial charge in [-0.05, 0) is 48.5 Å². The van der Waals surface area contributed by atoms with E-state index in [-0.39, 0.29) is 0 Å². The summed E-state index contributed by atoms with van der Waals surface area (Å²) >= 11 is 0. The van der Waals surface area contributed by atoms with E-state index >= 15 is 0 Å². The van der Waals surface area contributed by atoms with Gasteiger partial charge in [0.25, 0.3) is 0 Å². The van der Waals surface area contributed by atoms with E-state index in [9.17, 15) is 9.59 Å². The molecule has 6 heteroatoms. The van der Waals surface area contributed by atoms with Crippen molar-refractivity contribution in [2.45, 2.75) is 59.7 Å². The van der Waals surface area contributed by atoms with Crippen molar-refractivity contribution in [1.29, 1.82) is 0 Å². The Morgan fingerprint density at radius 1 is 1.00 bits per heavy atom. The van der Waals surface area contributed by atoms with E-state index in [0.717, 1.165) is 5.01 Å². The molecule has 0 aliphatic carbocycles. The molecular weight excluding hydrogens is 248 g/mol. The van der Waals surface area contributed by atoms with Crippen LogP contribution in [0.3, 0.4) is 0 Å². The van der Waals surface area contributed by atoms with Gasteiger partial charge >= 0.3 is 12.2 Å². The van der Waals surface area contributed by atoms with Crippen LogP contribution in [0, 0.1) is 0 Å². The number of nitrogens with zero attached hydrogens (tertiary/aromatic N) is 2. The average Bonchev–Trinajstić information content (AvgIpc) is 2.12. The maximum Gasteiger partial charge on any atom is 0.596 e. The van der Waals surface area contributed by atoms with Gasteiger partial charge in [-0.25, -0.2) is 4.79 Å². The lowest BCUT2D eigenvalue weighted by atomic mass is 10.2.